The van der Waals surface area contributed by atoms with Crippen molar-refractivity contribution in [3.8, 4) is 0 Å². The van der Waals surface area contributed by atoms with Gasteiger partial charge >= 0.3 is 197 Å². The number of hydrogen-bond donors (Lipinski definition) is 0. The van der Waals surface area contributed by atoms with Crippen LogP contribution in [0, 0.1) is 58.1 Å². The molecule has 4 heteroatoms. The molecule has 0 amide bonds. The second kappa shape index (κ2) is 11.7. The number of carbonyl (C=O) groups is 1. The molecule has 0 radical (unpaired) electrons. The molecule has 4 aliphatic rings. The molecule has 1 aromatic carbocycles. The fraction of sp³-hybridized carbons (Fsp3) is 0.794. The van der Waals surface area contributed by atoms with Crippen LogP contribution in [0.3, 0.4) is 0 Å². The van der Waals surface area contributed by atoms with Crippen LogP contribution in [0.1, 0.15) is 112 Å². The van der Waals surface area contributed by atoms with Crippen molar-refractivity contribution in [3.05, 3.63) is 30.1 Å². The number of halogens is 1. The van der Waals surface area contributed by atoms with Gasteiger partial charge in [-0.3, -0.25) is 0 Å². The van der Waals surface area contributed by atoms with Gasteiger partial charge in [-0.05, 0) is 5.92 Å². The fourth-order valence-corrected chi connectivity index (χ4v) is 12.0. The second-order valence-corrected chi connectivity index (χ2v) is 17.4. The predicted molar refractivity (Wildman–Crippen MR) is 155 cm³/mol. The minimum atomic E-state index is -1.08. The number of carbonyl (C=O) groups excluding carboxylic acids is 1. The first-order valence-corrected chi connectivity index (χ1v) is 18.1. The van der Waals surface area contributed by atoms with Gasteiger partial charge in [0.15, 0.2) is 0 Å². The monoisotopic (exact) mass is 640 g/mol. The van der Waals surface area contributed by atoms with E-state index >= 15 is 0 Å². The van der Waals surface area contributed by atoms with Gasteiger partial charge in [-0.15, -0.1) is 0 Å². The molecule has 0 aliphatic heterocycles. The summed E-state index contributed by atoms with van der Waals surface area (Å²) in [5.41, 5.74) is 0.973. The van der Waals surface area contributed by atoms with E-state index in [4.69, 9.17) is 4.74 Å². The third-order valence-corrected chi connectivity index (χ3v) is 14.3. The maximum absolute atomic E-state index is 13.2. The van der Waals surface area contributed by atoms with E-state index in [1.165, 1.54) is 76.3 Å². The van der Waals surface area contributed by atoms with Crippen LogP contribution in [-0.2, 0) is 4.74 Å². The molecule has 0 spiro atoms. The molecule has 0 N–H and O–H groups in total. The second-order valence-electron chi connectivity index (χ2n) is 14.5. The third kappa shape index (κ3) is 5.75. The number of hydrogen-bond acceptors (Lipinski definition) is 2. The van der Waals surface area contributed by atoms with E-state index in [0.29, 0.717) is 16.7 Å². The number of rotatable bonds is 8. The standard InChI is InChI=1S/C34H51FO2Te/c1-22(2)7-6-8-23(3)29-15-16-30-28-14-9-24-21-26(37-32(36)38-27-12-10-25(35)11-13-27)17-19-33(24,4)31(28)18-20-34(29,30)5/h10-13,22-24,26,28-31H,6-9,14-21H2,1-5H3/t23-,24?,26+,28+,29-,30+,31+,33+,34-/m1/s1. The topological polar surface area (TPSA) is 26.3 Å². The third-order valence-electron chi connectivity index (χ3n) is 12.1. The van der Waals surface area contributed by atoms with Gasteiger partial charge in [-0.25, -0.2) is 0 Å². The average Bonchev–Trinajstić information content (AvgIpc) is 3.23. The van der Waals surface area contributed by atoms with Gasteiger partial charge in [-0.2, -0.15) is 0 Å². The SMILES string of the molecule is CC(C)CCC[C@@H](C)[C@H]1CC[C@H]2[C@@H]3CCC4C[C@@H](OC(=O)[Te]c5ccc(F)cc5)CC[C@]4(C)[C@H]3CC[C@]12C. The van der Waals surface area contributed by atoms with Crippen LogP contribution < -0.4 is 3.61 Å². The molecule has 0 bridgehead atoms. The summed E-state index contributed by atoms with van der Waals surface area (Å²) in [7, 11) is 0. The van der Waals surface area contributed by atoms with Gasteiger partial charge in [0.25, 0.3) is 0 Å². The molecular weight excluding hydrogens is 587 g/mol. The fourth-order valence-electron chi connectivity index (χ4n) is 10.1. The van der Waals surface area contributed by atoms with Crippen molar-refractivity contribution in [1.82, 2.24) is 0 Å². The molecule has 0 saturated heterocycles. The van der Waals surface area contributed by atoms with Crippen molar-refractivity contribution in [3.63, 3.8) is 0 Å². The summed E-state index contributed by atoms with van der Waals surface area (Å²) in [6.07, 6.45) is 16.1. The van der Waals surface area contributed by atoms with Crippen molar-refractivity contribution in [2.24, 2.45) is 52.3 Å². The summed E-state index contributed by atoms with van der Waals surface area (Å²) in [5, 5.41) is 0. The van der Waals surface area contributed by atoms with Crippen molar-refractivity contribution in [2.75, 3.05) is 0 Å². The molecule has 1 aromatic rings. The van der Waals surface area contributed by atoms with E-state index < -0.39 is 20.9 Å². The Balaban J connectivity index is 1.18. The quantitative estimate of drug-likeness (QED) is 0.266. The number of fused-ring (bicyclic) bond motifs is 5. The van der Waals surface area contributed by atoms with E-state index in [2.05, 4.69) is 34.6 Å². The summed E-state index contributed by atoms with van der Waals surface area (Å²) in [4.78, 5) is 12.7. The minimum absolute atomic E-state index is 0.0303. The molecular formula is C34H51FO2Te. The van der Waals surface area contributed by atoms with Crippen molar-refractivity contribution >= 4 is 28.6 Å². The Morgan fingerprint density at radius 3 is 2.39 bits per heavy atom. The molecule has 9 atom stereocenters. The average molecular weight is 638 g/mol. The molecule has 1 unspecified atom stereocenters. The van der Waals surface area contributed by atoms with Crippen molar-refractivity contribution in [2.45, 2.75) is 118 Å². The molecule has 0 aromatic heterocycles. The Labute approximate surface area is 241 Å². The summed E-state index contributed by atoms with van der Waals surface area (Å²) < 4.78 is 20.2. The van der Waals surface area contributed by atoms with Crippen LogP contribution in [-0.4, -0.2) is 31.0 Å². The number of ether oxygens (including phenoxy) is 1. The Morgan fingerprint density at radius 2 is 1.66 bits per heavy atom. The van der Waals surface area contributed by atoms with Gasteiger partial charge in [-0.1, -0.05) is 40.0 Å². The first-order chi connectivity index (χ1) is 18.1. The van der Waals surface area contributed by atoms with Crippen LogP contribution in [0.4, 0.5) is 9.18 Å². The zero-order chi connectivity index (χ0) is 27.1. The zero-order valence-electron chi connectivity index (χ0n) is 24.5. The first kappa shape index (κ1) is 28.9. The van der Waals surface area contributed by atoms with Gasteiger partial charge in [0, 0.05) is 0 Å². The molecule has 5 rings (SSSR count). The normalized spacial score (nSPS) is 39.2. The molecule has 4 fully saturated rings. The van der Waals surface area contributed by atoms with Crippen LogP contribution in [0.2, 0.25) is 0 Å². The van der Waals surface area contributed by atoms with E-state index in [9.17, 15) is 9.18 Å². The summed E-state index contributed by atoms with van der Waals surface area (Å²) in [6.45, 7) is 12.6. The Hall–Kier alpha value is -0.590. The van der Waals surface area contributed by atoms with E-state index in [1.54, 1.807) is 12.1 Å². The van der Waals surface area contributed by atoms with Gasteiger partial charge in [0.05, 0.1) is 0 Å². The molecule has 4 aliphatic carbocycles. The summed E-state index contributed by atoms with van der Waals surface area (Å²) >= 11 is -1.08. The predicted octanol–water partition coefficient (Wildman–Crippen LogP) is 8.78. The number of benzene rings is 1. The summed E-state index contributed by atoms with van der Waals surface area (Å²) in [5.74, 6) is 5.76. The van der Waals surface area contributed by atoms with Crippen molar-refractivity contribution in [1.29, 1.82) is 0 Å². The Bertz CT molecular complexity index is 962. The molecule has 38 heavy (non-hydrogen) atoms. The molecule has 4 saturated carbocycles. The molecule has 212 valence electrons. The van der Waals surface area contributed by atoms with E-state index in [1.807, 2.05) is 0 Å². The van der Waals surface area contributed by atoms with Gasteiger partial charge in [0.2, 0.25) is 0 Å². The van der Waals surface area contributed by atoms with Crippen LogP contribution in [0.25, 0.3) is 0 Å². The Kier molecular flexibility index (Phi) is 8.92. The maximum atomic E-state index is 13.2. The molecule has 2 nitrogen and oxygen atoms in total. The van der Waals surface area contributed by atoms with Crippen LogP contribution >= 0.6 is 0 Å². The van der Waals surface area contributed by atoms with E-state index in [-0.39, 0.29) is 15.9 Å². The summed E-state index contributed by atoms with van der Waals surface area (Å²) in [6, 6.07) is 6.39. The van der Waals surface area contributed by atoms with Crippen LogP contribution in [0.15, 0.2) is 24.3 Å². The molecule has 0 heterocycles. The Morgan fingerprint density at radius 1 is 0.947 bits per heavy atom. The van der Waals surface area contributed by atoms with Gasteiger partial charge in [0.1, 0.15) is 0 Å². The van der Waals surface area contributed by atoms with Crippen LogP contribution in [0.5, 0.6) is 0 Å². The zero-order valence-corrected chi connectivity index (χ0v) is 26.8. The van der Waals surface area contributed by atoms with Crippen molar-refractivity contribution < 1.29 is 13.9 Å². The van der Waals surface area contributed by atoms with Gasteiger partial charge < -0.3 is 0 Å². The van der Waals surface area contributed by atoms with E-state index in [0.717, 1.165) is 52.0 Å². The first-order valence-electron chi connectivity index (χ1n) is 15.7.